The van der Waals surface area contributed by atoms with Crippen LogP contribution in [0.1, 0.15) is 24.8 Å². The molecule has 2 saturated heterocycles. The summed E-state index contributed by atoms with van der Waals surface area (Å²) in [6, 6.07) is 9.30. The van der Waals surface area contributed by atoms with E-state index >= 15 is 0 Å². The van der Waals surface area contributed by atoms with E-state index in [0.717, 1.165) is 5.56 Å². The topological polar surface area (TPSA) is 88.1 Å². The van der Waals surface area contributed by atoms with Gasteiger partial charge >= 0.3 is 0 Å². The number of benzene rings is 1. The van der Waals surface area contributed by atoms with E-state index in [1.807, 2.05) is 30.3 Å². The van der Waals surface area contributed by atoms with Gasteiger partial charge in [0, 0.05) is 13.1 Å². The molecular weight excluding hydrogens is 348 g/mol. The predicted molar refractivity (Wildman–Crippen MR) is 99.1 cm³/mol. The van der Waals surface area contributed by atoms with Crippen molar-refractivity contribution in [3.8, 4) is 0 Å². The lowest BCUT2D eigenvalue weighted by molar-refractivity contribution is -0.145. The maximum Gasteiger partial charge on any atom is 0.225 e. The Morgan fingerprint density at radius 2 is 1.89 bits per heavy atom. The average Bonchev–Trinajstić information content (AvgIpc) is 2.70. The third kappa shape index (κ3) is 5.76. The maximum atomic E-state index is 12.4. The molecule has 0 aliphatic carbocycles. The minimum absolute atomic E-state index is 0.0616. The summed E-state index contributed by atoms with van der Waals surface area (Å²) in [6.07, 6.45) is 1.27. The Morgan fingerprint density at radius 3 is 2.59 bits per heavy atom. The highest BCUT2D eigenvalue weighted by Crippen LogP contribution is 2.23. The van der Waals surface area contributed by atoms with Crippen LogP contribution in [-0.4, -0.2) is 73.0 Å². The number of carbonyl (C=O) groups is 2. The fourth-order valence-electron chi connectivity index (χ4n) is 3.62. The molecule has 2 aliphatic rings. The second kappa shape index (κ2) is 9.82. The number of nitrogens with zero attached hydrogens (tertiary/aromatic N) is 1. The number of hydrogen-bond donors (Lipinski definition) is 2. The fourth-order valence-corrected chi connectivity index (χ4v) is 3.62. The van der Waals surface area contributed by atoms with Crippen molar-refractivity contribution in [1.29, 1.82) is 0 Å². The highest BCUT2D eigenvalue weighted by Gasteiger charge is 2.33. The molecule has 7 nitrogen and oxygen atoms in total. The molecule has 0 unspecified atom stereocenters. The summed E-state index contributed by atoms with van der Waals surface area (Å²) in [6.45, 7) is 2.21. The molecule has 0 saturated carbocycles. The normalized spacial score (nSPS) is 25.8. The minimum Gasteiger partial charge on any atom is -0.394 e. The first-order chi connectivity index (χ1) is 13.2. The van der Waals surface area contributed by atoms with E-state index in [1.165, 1.54) is 0 Å². The Bertz CT molecular complexity index is 618. The van der Waals surface area contributed by atoms with E-state index in [-0.39, 0.29) is 30.6 Å². The van der Waals surface area contributed by atoms with Gasteiger partial charge in [-0.1, -0.05) is 30.3 Å². The van der Waals surface area contributed by atoms with Gasteiger partial charge in [-0.3, -0.25) is 9.59 Å². The molecule has 2 heterocycles. The van der Waals surface area contributed by atoms with Crippen LogP contribution in [0.25, 0.3) is 0 Å². The largest absolute Gasteiger partial charge is 0.394 e. The number of carbonyl (C=O) groups excluding carboxylic acids is 2. The minimum atomic E-state index is -0.485. The Labute approximate surface area is 159 Å². The van der Waals surface area contributed by atoms with Crippen molar-refractivity contribution in [2.24, 2.45) is 0 Å². The lowest BCUT2D eigenvalue weighted by atomic mass is 9.96. The number of morpholine rings is 1. The summed E-state index contributed by atoms with van der Waals surface area (Å²) in [5.74, 6) is -0.0253. The molecule has 0 spiro atoms. The van der Waals surface area contributed by atoms with Crippen LogP contribution in [0.5, 0.6) is 0 Å². The molecule has 2 aliphatic heterocycles. The predicted octanol–water partition coefficient (Wildman–Crippen LogP) is 0.503. The molecule has 1 aromatic rings. The lowest BCUT2D eigenvalue weighted by Crippen LogP contribution is -2.52. The van der Waals surface area contributed by atoms with Crippen molar-refractivity contribution in [1.82, 2.24) is 10.2 Å². The zero-order valence-electron chi connectivity index (χ0n) is 15.5. The van der Waals surface area contributed by atoms with Crippen molar-refractivity contribution in [2.75, 3.05) is 32.9 Å². The molecule has 1 aromatic carbocycles. The van der Waals surface area contributed by atoms with Crippen LogP contribution in [0.4, 0.5) is 0 Å². The Kier molecular flexibility index (Phi) is 7.20. The van der Waals surface area contributed by atoms with Gasteiger partial charge < -0.3 is 24.8 Å². The first-order valence-corrected chi connectivity index (χ1v) is 9.61. The molecule has 7 heteroatoms. The molecular formula is C20H28N2O5. The third-order valence-corrected chi connectivity index (χ3v) is 5.12. The van der Waals surface area contributed by atoms with Gasteiger partial charge in [0.05, 0.1) is 44.8 Å². The van der Waals surface area contributed by atoms with Gasteiger partial charge in [-0.15, -0.1) is 0 Å². The monoisotopic (exact) mass is 376 g/mol. The molecule has 3 rings (SSSR count). The average molecular weight is 376 g/mol. The summed E-state index contributed by atoms with van der Waals surface area (Å²) in [7, 11) is 0. The third-order valence-electron chi connectivity index (χ3n) is 5.12. The second-order valence-corrected chi connectivity index (χ2v) is 7.09. The van der Waals surface area contributed by atoms with E-state index in [1.54, 1.807) is 4.90 Å². The Morgan fingerprint density at radius 1 is 1.15 bits per heavy atom. The van der Waals surface area contributed by atoms with Gasteiger partial charge in [0.15, 0.2) is 0 Å². The van der Waals surface area contributed by atoms with Crippen LogP contribution >= 0.6 is 0 Å². The van der Waals surface area contributed by atoms with E-state index in [2.05, 4.69) is 5.32 Å². The number of ether oxygens (including phenoxy) is 2. The van der Waals surface area contributed by atoms with Crippen LogP contribution in [0.2, 0.25) is 0 Å². The van der Waals surface area contributed by atoms with E-state index < -0.39 is 6.10 Å². The maximum absolute atomic E-state index is 12.4. The van der Waals surface area contributed by atoms with Crippen molar-refractivity contribution < 1.29 is 24.2 Å². The highest BCUT2D eigenvalue weighted by molar-refractivity contribution is 5.79. The van der Waals surface area contributed by atoms with Gasteiger partial charge in [-0.05, 0) is 18.4 Å². The van der Waals surface area contributed by atoms with Crippen LogP contribution in [0.15, 0.2) is 30.3 Å². The second-order valence-electron chi connectivity index (χ2n) is 7.09. The molecule has 0 aromatic heterocycles. The van der Waals surface area contributed by atoms with Crippen LogP contribution in [-0.2, 0) is 25.5 Å². The molecule has 2 N–H and O–H groups in total. The molecule has 2 fully saturated rings. The smallest absolute Gasteiger partial charge is 0.225 e. The number of nitrogens with one attached hydrogen (secondary N) is 1. The Balaban J connectivity index is 1.47. The fraction of sp³-hybridized carbons (Fsp3) is 0.600. The van der Waals surface area contributed by atoms with Crippen molar-refractivity contribution in [2.45, 2.75) is 43.9 Å². The number of rotatable bonds is 6. The highest BCUT2D eigenvalue weighted by atomic mass is 16.5. The van der Waals surface area contributed by atoms with Gasteiger partial charge in [0.25, 0.3) is 0 Å². The lowest BCUT2D eigenvalue weighted by Gasteiger charge is -2.37. The van der Waals surface area contributed by atoms with Crippen molar-refractivity contribution in [3.63, 3.8) is 0 Å². The van der Waals surface area contributed by atoms with Crippen molar-refractivity contribution in [3.05, 3.63) is 35.9 Å². The van der Waals surface area contributed by atoms with E-state index in [0.29, 0.717) is 52.0 Å². The SMILES string of the molecule is O=C(Cc1ccccc1)N[C@H]1CC[C@@H](CC(=O)N2CCOCC2)O[C@@H]1CO. The van der Waals surface area contributed by atoms with Gasteiger partial charge in [-0.2, -0.15) is 0 Å². The van der Waals surface area contributed by atoms with Crippen LogP contribution in [0.3, 0.4) is 0 Å². The molecule has 27 heavy (non-hydrogen) atoms. The summed E-state index contributed by atoms with van der Waals surface area (Å²) in [4.78, 5) is 26.5. The number of amides is 2. The van der Waals surface area contributed by atoms with E-state index in [4.69, 9.17) is 9.47 Å². The molecule has 0 radical (unpaired) electrons. The van der Waals surface area contributed by atoms with Gasteiger partial charge in [0.2, 0.25) is 11.8 Å². The van der Waals surface area contributed by atoms with Crippen LogP contribution < -0.4 is 5.32 Å². The zero-order chi connectivity index (χ0) is 19.1. The summed E-state index contributed by atoms with van der Waals surface area (Å²) < 4.78 is 11.2. The quantitative estimate of drug-likeness (QED) is 0.755. The molecule has 148 valence electrons. The van der Waals surface area contributed by atoms with Crippen molar-refractivity contribution >= 4 is 11.8 Å². The first kappa shape index (κ1) is 19.8. The van der Waals surface area contributed by atoms with Gasteiger partial charge in [-0.25, -0.2) is 0 Å². The molecule has 2 amide bonds. The standard InChI is InChI=1S/C20H28N2O5/c23-14-18-17(21-19(24)12-15-4-2-1-3-5-15)7-6-16(27-18)13-20(25)22-8-10-26-11-9-22/h1-5,16-18,23H,6-14H2,(H,21,24)/t16-,17-,18+/m0/s1. The first-order valence-electron chi connectivity index (χ1n) is 9.61. The van der Waals surface area contributed by atoms with Crippen LogP contribution in [0, 0.1) is 0 Å². The van der Waals surface area contributed by atoms with E-state index in [9.17, 15) is 14.7 Å². The molecule has 0 bridgehead atoms. The van der Waals surface area contributed by atoms with Gasteiger partial charge in [0.1, 0.15) is 6.10 Å². The number of hydrogen-bond acceptors (Lipinski definition) is 5. The zero-order valence-corrected chi connectivity index (χ0v) is 15.5. The number of aliphatic hydroxyl groups excluding tert-OH is 1. The summed E-state index contributed by atoms with van der Waals surface area (Å²) in [5, 5.41) is 12.6. The molecule has 3 atom stereocenters. The Hall–Kier alpha value is -1.96. The summed E-state index contributed by atoms with van der Waals surface area (Å²) >= 11 is 0. The number of aliphatic hydroxyl groups is 1. The summed E-state index contributed by atoms with van der Waals surface area (Å²) in [5.41, 5.74) is 0.946.